The Morgan fingerprint density at radius 2 is 1.18 bits per heavy atom. The summed E-state index contributed by atoms with van der Waals surface area (Å²) >= 11 is 0. The van der Waals surface area contributed by atoms with E-state index in [4.69, 9.17) is 15.2 Å². The minimum absolute atomic E-state index is 0.208. The van der Waals surface area contributed by atoms with Gasteiger partial charge in [-0.25, -0.2) is 14.4 Å². The van der Waals surface area contributed by atoms with Gasteiger partial charge in [-0.1, -0.05) is 72.8 Å². The summed E-state index contributed by atoms with van der Waals surface area (Å²) in [5, 5.41) is 0. The lowest BCUT2D eigenvalue weighted by molar-refractivity contribution is 0.0464. The number of nitrogen functional groups attached to an aromatic ring is 1. The SMILES string of the molecule is Cc1ccc(C(=O)OCc2ccccc2)cc1N.Cc1ccc(C(=O)OCc2ccccc2)cc1N=C=O. The van der Waals surface area contributed by atoms with Crippen molar-refractivity contribution in [2.75, 3.05) is 5.73 Å². The Balaban J connectivity index is 0.000000212. The van der Waals surface area contributed by atoms with Gasteiger partial charge in [-0.3, -0.25) is 0 Å². The molecule has 0 saturated carbocycles. The second-order valence-electron chi connectivity index (χ2n) is 8.40. The molecule has 2 N–H and O–H groups in total. The second kappa shape index (κ2) is 13.9. The zero-order valence-electron chi connectivity index (χ0n) is 21.2. The summed E-state index contributed by atoms with van der Waals surface area (Å²) in [6.07, 6.45) is 1.47. The third kappa shape index (κ3) is 8.29. The predicted octanol–water partition coefficient (Wildman–Crippen LogP) is 6.25. The molecule has 0 unspecified atom stereocenters. The second-order valence-corrected chi connectivity index (χ2v) is 8.40. The molecular weight excluding hydrogens is 480 g/mol. The highest BCUT2D eigenvalue weighted by atomic mass is 16.5. The number of ether oxygens (including phenoxy) is 2. The van der Waals surface area contributed by atoms with Crippen LogP contribution >= 0.6 is 0 Å². The molecule has 0 radical (unpaired) electrons. The molecule has 0 heterocycles. The summed E-state index contributed by atoms with van der Waals surface area (Å²) in [5.74, 6) is -0.804. The number of nitrogens with two attached hydrogens (primary N) is 1. The number of rotatable bonds is 7. The van der Waals surface area contributed by atoms with Crippen molar-refractivity contribution in [3.63, 3.8) is 0 Å². The predicted molar refractivity (Wildman–Crippen MR) is 146 cm³/mol. The molecular formula is C31H28N2O5. The lowest BCUT2D eigenvalue weighted by Gasteiger charge is -2.06. The number of esters is 2. The highest BCUT2D eigenvalue weighted by Crippen LogP contribution is 2.20. The van der Waals surface area contributed by atoms with Crippen LogP contribution in [-0.2, 0) is 27.5 Å². The number of carbonyl (C=O) groups is 2. The summed E-state index contributed by atoms with van der Waals surface area (Å²) in [5.41, 5.74) is 11.3. The van der Waals surface area contributed by atoms with E-state index in [0.29, 0.717) is 22.5 Å². The first-order valence-corrected chi connectivity index (χ1v) is 11.8. The Labute approximate surface area is 221 Å². The topological polar surface area (TPSA) is 108 Å². The first-order valence-electron chi connectivity index (χ1n) is 11.8. The summed E-state index contributed by atoms with van der Waals surface area (Å²) in [6.45, 7) is 4.18. The van der Waals surface area contributed by atoms with Crippen LogP contribution in [0.15, 0.2) is 102 Å². The van der Waals surface area contributed by atoms with Crippen molar-refractivity contribution in [1.29, 1.82) is 0 Å². The maximum Gasteiger partial charge on any atom is 0.338 e. The third-order valence-corrected chi connectivity index (χ3v) is 5.55. The van der Waals surface area contributed by atoms with Crippen molar-refractivity contribution in [3.8, 4) is 0 Å². The summed E-state index contributed by atoms with van der Waals surface area (Å²) in [4.78, 5) is 37.6. The van der Waals surface area contributed by atoms with Crippen LogP contribution in [0.4, 0.5) is 11.4 Å². The zero-order valence-corrected chi connectivity index (χ0v) is 21.2. The van der Waals surface area contributed by atoms with Gasteiger partial charge in [0.1, 0.15) is 13.2 Å². The Kier molecular flexibility index (Phi) is 10.1. The average molecular weight is 509 g/mol. The van der Waals surface area contributed by atoms with Crippen LogP contribution in [0.5, 0.6) is 0 Å². The fourth-order valence-corrected chi connectivity index (χ4v) is 3.29. The molecule has 0 aromatic heterocycles. The molecule has 0 amide bonds. The van der Waals surface area contributed by atoms with Crippen LogP contribution < -0.4 is 5.73 Å². The summed E-state index contributed by atoms with van der Waals surface area (Å²) in [6, 6.07) is 29.0. The molecule has 192 valence electrons. The van der Waals surface area contributed by atoms with Crippen molar-refractivity contribution < 1.29 is 23.9 Å². The van der Waals surface area contributed by atoms with Crippen LogP contribution in [0, 0.1) is 13.8 Å². The fraction of sp³-hybridized carbons (Fsp3) is 0.129. The van der Waals surface area contributed by atoms with Crippen molar-refractivity contribution in [2.45, 2.75) is 27.1 Å². The van der Waals surface area contributed by atoms with Gasteiger partial charge in [0.05, 0.1) is 16.8 Å². The minimum atomic E-state index is -0.448. The number of benzene rings is 4. The van der Waals surface area contributed by atoms with Gasteiger partial charge >= 0.3 is 11.9 Å². The minimum Gasteiger partial charge on any atom is -0.457 e. The van der Waals surface area contributed by atoms with Crippen LogP contribution in [0.2, 0.25) is 0 Å². The highest BCUT2D eigenvalue weighted by molar-refractivity contribution is 5.91. The molecule has 0 spiro atoms. The lowest BCUT2D eigenvalue weighted by Crippen LogP contribution is -2.06. The van der Waals surface area contributed by atoms with Crippen LogP contribution in [0.1, 0.15) is 43.0 Å². The quantitative estimate of drug-likeness (QED) is 0.137. The molecule has 0 aliphatic heterocycles. The summed E-state index contributed by atoms with van der Waals surface area (Å²) in [7, 11) is 0. The molecule has 0 bridgehead atoms. The van der Waals surface area contributed by atoms with E-state index < -0.39 is 5.97 Å². The Bertz CT molecular complexity index is 1430. The molecule has 4 aromatic rings. The number of isocyanates is 1. The molecule has 0 aliphatic carbocycles. The molecule has 0 aliphatic rings. The van der Waals surface area contributed by atoms with E-state index in [1.165, 1.54) is 12.1 Å². The molecule has 0 saturated heterocycles. The van der Waals surface area contributed by atoms with Crippen LogP contribution in [-0.4, -0.2) is 18.0 Å². The van der Waals surface area contributed by atoms with E-state index in [0.717, 1.165) is 22.3 Å². The van der Waals surface area contributed by atoms with Crippen molar-refractivity contribution in [3.05, 3.63) is 130 Å². The van der Waals surface area contributed by atoms with E-state index >= 15 is 0 Å². The van der Waals surface area contributed by atoms with Gasteiger partial charge in [-0.05, 0) is 60.4 Å². The highest BCUT2D eigenvalue weighted by Gasteiger charge is 2.10. The summed E-state index contributed by atoms with van der Waals surface area (Å²) < 4.78 is 10.4. The normalized spacial score (nSPS) is 9.84. The Hall–Kier alpha value is -5.00. The zero-order chi connectivity index (χ0) is 27.3. The number of aryl methyl sites for hydroxylation is 2. The first-order chi connectivity index (χ1) is 18.4. The van der Waals surface area contributed by atoms with Gasteiger partial charge < -0.3 is 15.2 Å². The largest absolute Gasteiger partial charge is 0.457 e. The molecule has 0 fully saturated rings. The molecule has 7 heteroatoms. The van der Waals surface area contributed by atoms with Gasteiger partial charge in [0.15, 0.2) is 0 Å². The number of hydrogen-bond donors (Lipinski definition) is 1. The molecule has 4 rings (SSSR count). The number of carbonyl (C=O) groups excluding carboxylic acids is 3. The van der Waals surface area contributed by atoms with E-state index in [2.05, 4.69) is 4.99 Å². The maximum atomic E-state index is 11.9. The third-order valence-electron chi connectivity index (χ3n) is 5.55. The van der Waals surface area contributed by atoms with Gasteiger partial charge in [0.25, 0.3) is 0 Å². The van der Waals surface area contributed by atoms with Crippen LogP contribution in [0.3, 0.4) is 0 Å². The monoisotopic (exact) mass is 508 g/mol. The van der Waals surface area contributed by atoms with Gasteiger partial charge in [0.2, 0.25) is 6.08 Å². The van der Waals surface area contributed by atoms with Gasteiger partial charge in [-0.2, -0.15) is 4.99 Å². The average Bonchev–Trinajstić information content (AvgIpc) is 2.94. The lowest BCUT2D eigenvalue weighted by atomic mass is 10.1. The maximum absolute atomic E-state index is 11.9. The Morgan fingerprint density at radius 1 is 0.711 bits per heavy atom. The van der Waals surface area contributed by atoms with E-state index in [1.807, 2.05) is 73.7 Å². The Morgan fingerprint density at radius 3 is 1.66 bits per heavy atom. The number of aliphatic imine (C=N–C) groups is 1. The van der Waals surface area contributed by atoms with E-state index in [1.54, 1.807) is 31.2 Å². The molecule has 7 nitrogen and oxygen atoms in total. The van der Waals surface area contributed by atoms with Crippen molar-refractivity contribution in [1.82, 2.24) is 0 Å². The molecule has 4 aromatic carbocycles. The van der Waals surface area contributed by atoms with E-state index in [-0.39, 0.29) is 19.2 Å². The van der Waals surface area contributed by atoms with E-state index in [9.17, 15) is 14.4 Å². The van der Waals surface area contributed by atoms with Crippen molar-refractivity contribution in [2.24, 2.45) is 4.99 Å². The number of nitrogens with zero attached hydrogens (tertiary/aromatic N) is 1. The van der Waals surface area contributed by atoms with Gasteiger partial charge in [-0.15, -0.1) is 0 Å². The first kappa shape index (κ1) is 27.6. The van der Waals surface area contributed by atoms with Gasteiger partial charge in [0, 0.05) is 5.69 Å². The standard InChI is InChI=1S/C16H13NO3.C15H15NO2/c1-12-7-8-14(9-15(12)17-11-18)16(19)20-10-13-5-3-2-4-6-13;1-11-7-8-13(9-14(11)16)15(17)18-10-12-5-3-2-4-6-12/h2-9H,10H2,1H3;2-9H,10,16H2,1H3. The molecule has 0 atom stereocenters. The molecule has 38 heavy (non-hydrogen) atoms. The van der Waals surface area contributed by atoms with Crippen molar-refractivity contribution >= 4 is 29.4 Å². The number of hydrogen-bond acceptors (Lipinski definition) is 7. The fourth-order valence-electron chi connectivity index (χ4n) is 3.29. The smallest absolute Gasteiger partial charge is 0.338 e. The number of anilines is 1. The van der Waals surface area contributed by atoms with Crippen LogP contribution in [0.25, 0.3) is 0 Å².